The van der Waals surface area contributed by atoms with E-state index in [1.54, 1.807) is 0 Å². The lowest BCUT2D eigenvalue weighted by molar-refractivity contribution is -0.210. The Morgan fingerprint density at radius 3 is 2.80 bits per heavy atom. The summed E-state index contributed by atoms with van der Waals surface area (Å²) in [7, 11) is 0. The molecule has 5 aliphatic rings. The predicted octanol–water partition coefficient (Wildman–Crippen LogP) is 2.73. The molecule has 5 fully saturated rings. The van der Waals surface area contributed by atoms with Gasteiger partial charge in [0.15, 0.2) is 0 Å². The lowest BCUT2D eigenvalue weighted by atomic mass is 9.42. The number of aliphatic hydroxyl groups excluding tert-OH is 1. The van der Waals surface area contributed by atoms with Crippen molar-refractivity contribution < 1.29 is 10.2 Å². The zero-order valence-corrected chi connectivity index (χ0v) is 13.7. The third-order valence-corrected chi connectivity index (χ3v) is 9.22. The minimum absolute atomic E-state index is 0.130. The van der Waals surface area contributed by atoms with E-state index in [4.69, 9.17) is 0 Å². The van der Waals surface area contributed by atoms with Crippen LogP contribution in [0.3, 0.4) is 0 Å². The third-order valence-electron chi connectivity index (χ3n) is 6.90. The quantitative estimate of drug-likeness (QED) is 0.702. The highest BCUT2D eigenvalue weighted by Crippen LogP contribution is 2.70. The van der Waals surface area contributed by atoms with E-state index in [1.165, 1.54) is 19.3 Å². The lowest BCUT2D eigenvalue weighted by Crippen LogP contribution is -2.73. The van der Waals surface area contributed by atoms with Crippen molar-refractivity contribution in [1.82, 2.24) is 0 Å². The highest BCUT2D eigenvalue weighted by atomic mass is 32.2. The number of thiol groups is 1. The molecule has 2 nitrogen and oxygen atoms in total. The number of aliphatic hydroxyl groups is 2. The van der Waals surface area contributed by atoms with Crippen LogP contribution in [0.25, 0.3) is 0 Å². The maximum Gasteiger partial charge on any atom is 0.0692 e. The summed E-state index contributed by atoms with van der Waals surface area (Å²) in [6, 6.07) is 0. The van der Waals surface area contributed by atoms with Crippen molar-refractivity contribution in [2.45, 2.75) is 61.4 Å². The highest BCUT2D eigenvalue weighted by Gasteiger charge is 2.70. The summed E-state index contributed by atoms with van der Waals surface area (Å²) in [5.41, 5.74) is -0.420. The molecule has 0 unspecified atom stereocenters. The first-order valence-electron chi connectivity index (χ1n) is 8.27. The SMILES string of the molecule is O[C@H]1CC[C@H]2CC[C@@]3(O)C[C@@H]4CC[C@H]3[C@@]2(SCCS)[C@@H]41. The number of hydrogen-bond donors (Lipinski definition) is 3. The zero-order valence-electron chi connectivity index (χ0n) is 12.0. The molecule has 0 amide bonds. The lowest BCUT2D eigenvalue weighted by Gasteiger charge is -2.70. The van der Waals surface area contributed by atoms with Crippen LogP contribution in [0.1, 0.15) is 44.9 Å². The Morgan fingerprint density at radius 1 is 1.15 bits per heavy atom. The van der Waals surface area contributed by atoms with Crippen molar-refractivity contribution in [3.63, 3.8) is 0 Å². The average molecular weight is 315 g/mol. The van der Waals surface area contributed by atoms with Crippen LogP contribution < -0.4 is 0 Å². The Hall–Kier alpha value is 0.620. The second kappa shape index (κ2) is 4.81. The number of thioether (sulfide) groups is 1. The first-order valence-corrected chi connectivity index (χ1v) is 9.89. The van der Waals surface area contributed by atoms with Gasteiger partial charge in [0.2, 0.25) is 0 Å². The van der Waals surface area contributed by atoms with E-state index >= 15 is 0 Å². The molecule has 20 heavy (non-hydrogen) atoms. The minimum atomic E-state index is -0.420. The molecule has 0 aromatic rings. The fraction of sp³-hybridized carbons (Fsp3) is 1.00. The molecule has 114 valence electrons. The molecular formula is C16H26O2S2. The van der Waals surface area contributed by atoms with Crippen LogP contribution in [0.5, 0.6) is 0 Å². The Kier molecular flexibility index (Phi) is 3.42. The number of rotatable bonds is 3. The van der Waals surface area contributed by atoms with E-state index in [0.29, 0.717) is 23.7 Å². The first kappa shape index (κ1) is 14.2. The van der Waals surface area contributed by atoms with Gasteiger partial charge in [-0.3, -0.25) is 0 Å². The highest BCUT2D eigenvalue weighted by molar-refractivity contribution is 8.01. The van der Waals surface area contributed by atoms with Crippen LogP contribution in [0.15, 0.2) is 0 Å². The maximum absolute atomic E-state index is 11.2. The predicted molar refractivity (Wildman–Crippen MR) is 86.3 cm³/mol. The maximum atomic E-state index is 11.2. The molecule has 7 atom stereocenters. The second-order valence-corrected chi connectivity index (χ2v) is 9.38. The van der Waals surface area contributed by atoms with Gasteiger partial charge in [-0.1, -0.05) is 0 Å². The van der Waals surface area contributed by atoms with E-state index in [2.05, 4.69) is 24.4 Å². The van der Waals surface area contributed by atoms with Gasteiger partial charge in [0.1, 0.15) is 0 Å². The Bertz CT molecular complexity index is 400. The van der Waals surface area contributed by atoms with Gasteiger partial charge in [-0.05, 0) is 62.5 Å². The molecule has 0 spiro atoms. The average Bonchev–Trinajstić information content (AvgIpc) is 2.44. The van der Waals surface area contributed by atoms with Gasteiger partial charge in [-0.15, -0.1) is 0 Å². The molecule has 2 N–H and O–H groups in total. The Morgan fingerprint density at radius 2 is 2.00 bits per heavy atom. The summed E-state index contributed by atoms with van der Waals surface area (Å²) in [4.78, 5) is 0. The summed E-state index contributed by atoms with van der Waals surface area (Å²) in [5, 5.41) is 21.9. The summed E-state index contributed by atoms with van der Waals surface area (Å²) in [5.74, 6) is 4.08. The molecule has 0 heterocycles. The van der Waals surface area contributed by atoms with Gasteiger partial charge in [0.05, 0.1) is 11.7 Å². The van der Waals surface area contributed by atoms with Gasteiger partial charge in [-0.25, -0.2) is 0 Å². The minimum Gasteiger partial charge on any atom is -0.393 e. The van der Waals surface area contributed by atoms with Gasteiger partial charge >= 0.3 is 0 Å². The van der Waals surface area contributed by atoms with E-state index in [0.717, 1.165) is 37.2 Å². The van der Waals surface area contributed by atoms with Gasteiger partial charge < -0.3 is 10.2 Å². The fourth-order valence-corrected chi connectivity index (χ4v) is 8.73. The fourth-order valence-electron chi connectivity index (χ4n) is 6.46. The third kappa shape index (κ3) is 1.68. The molecule has 5 saturated carbocycles. The van der Waals surface area contributed by atoms with Crippen molar-refractivity contribution in [2.24, 2.45) is 23.7 Å². The van der Waals surface area contributed by atoms with Gasteiger partial charge in [0.25, 0.3) is 0 Å². The van der Waals surface area contributed by atoms with Crippen molar-refractivity contribution in [3.05, 3.63) is 0 Å². The Balaban J connectivity index is 1.79. The molecular weight excluding hydrogens is 288 g/mol. The van der Waals surface area contributed by atoms with Crippen LogP contribution in [-0.2, 0) is 0 Å². The van der Waals surface area contributed by atoms with Gasteiger partial charge in [-0.2, -0.15) is 24.4 Å². The molecule has 0 aliphatic heterocycles. The van der Waals surface area contributed by atoms with Crippen LogP contribution in [0.4, 0.5) is 0 Å². The second-order valence-electron chi connectivity index (χ2n) is 7.53. The van der Waals surface area contributed by atoms with Crippen LogP contribution in [0.2, 0.25) is 0 Å². The molecule has 0 radical (unpaired) electrons. The van der Waals surface area contributed by atoms with Crippen molar-refractivity contribution in [2.75, 3.05) is 11.5 Å². The molecule has 0 saturated heterocycles. The van der Waals surface area contributed by atoms with Crippen molar-refractivity contribution in [3.8, 4) is 0 Å². The molecule has 5 aliphatic carbocycles. The molecule has 0 aromatic carbocycles. The normalized spacial score (nSPS) is 56.9. The monoisotopic (exact) mass is 314 g/mol. The van der Waals surface area contributed by atoms with E-state index in [1.807, 2.05) is 0 Å². The molecule has 0 aromatic heterocycles. The van der Waals surface area contributed by atoms with Crippen molar-refractivity contribution >= 4 is 24.4 Å². The molecule has 5 rings (SSSR count). The largest absolute Gasteiger partial charge is 0.393 e. The Labute approximate surface area is 131 Å². The summed E-state index contributed by atoms with van der Waals surface area (Å²) >= 11 is 6.47. The zero-order chi connectivity index (χ0) is 14.0. The van der Waals surface area contributed by atoms with Crippen LogP contribution >= 0.6 is 24.4 Å². The molecule has 4 bridgehead atoms. The van der Waals surface area contributed by atoms with Crippen molar-refractivity contribution in [1.29, 1.82) is 0 Å². The van der Waals surface area contributed by atoms with E-state index in [9.17, 15) is 10.2 Å². The summed E-state index contributed by atoms with van der Waals surface area (Å²) in [6.45, 7) is 0. The molecule has 4 heteroatoms. The first-order chi connectivity index (χ1) is 9.62. The number of fused-ring (bicyclic) bond motifs is 1. The van der Waals surface area contributed by atoms with E-state index in [-0.39, 0.29) is 10.9 Å². The van der Waals surface area contributed by atoms with Crippen LogP contribution in [0, 0.1) is 23.7 Å². The summed E-state index contributed by atoms with van der Waals surface area (Å²) < 4.78 is 0.161. The summed E-state index contributed by atoms with van der Waals surface area (Å²) in [6.07, 6.45) is 7.55. The number of hydrogen-bond acceptors (Lipinski definition) is 4. The topological polar surface area (TPSA) is 40.5 Å². The van der Waals surface area contributed by atoms with Gasteiger partial charge in [0, 0.05) is 22.3 Å². The standard InChI is InChI=1S/C16H26O2S2/c17-12-3-2-11-5-6-15(18)9-10-1-4-13(15)16(11,14(10)12)20-8-7-19/h10-14,17-19H,1-9H2/t10-,11-,12-,13+,14-,15+,16+/m0/s1. The van der Waals surface area contributed by atoms with E-state index < -0.39 is 5.60 Å². The smallest absolute Gasteiger partial charge is 0.0692 e. The van der Waals surface area contributed by atoms with Crippen LogP contribution in [-0.4, -0.2) is 38.2 Å².